The van der Waals surface area contributed by atoms with Crippen molar-refractivity contribution in [1.29, 1.82) is 0 Å². The molecule has 0 amide bonds. The lowest BCUT2D eigenvalue weighted by atomic mass is 10.00. The number of hydrogen-bond acceptors (Lipinski definition) is 5. The molecule has 27 heavy (non-hydrogen) atoms. The molecule has 1 aromatic heterocycles. The van der Waals surface area contributed by atoms with Gasteiger partial charge in [-0.1, -0.05) is 61.8 Å². The van der Waals surface area contributed by atoms with Crippen LogP contribution in [0.5, 0.6) is 0 Å². The van der Waals surface area contributed by atoms with Crippen LogP contribution in [-0.2, 0) is 12.8 Å². The second kappa shape index (κ2) is 10.3. The third kappa shape index (κ3) is 7.72. The molecule has 6 heteroatoms. The molecule has 0 spiro atoms. The predicted molar refractivity (Wildman–Crippen MR) is 119 cm³/mol. The van der Waals surface area contributed by atoms with Crippen molar-refractivity contribution >= 4 is 23.7 Å². The Bertz CT molecular complexity index is 766. The van der Waals surface area contributed by atoms with E-state index in [1.165, 1.54) is 11.1 Å². The Labute approximate surface area is 171 Å². The molecule has 148 valence electrons. The number of aromatic nitrogens is 2. The first-order chi connectivity index (χ1) is 12.8. The van der Waals surface area contributed by atoms with Crippen molar-refractivity contribution in [3.8, 4) is 0 Å². The fourth-order valence-electron chi connectivity index (χ4n) is 2.64. The standard InChI is InChI=1S/C21H31N3OS2/c1-6-15-8-10-16(11-9-15)18(24-27-21(3,4)5)13-12-17-14-19(25)23-20(22-17)26-7-2/h8-11,14,18,24H,6-7,12-13H2,1-5H3,(H,22,23,25). The molecule has 0 saturated heterocycles. The van der Waals surface area contributed by atoms with Gasteiger partial charge in [0.1, 0.15) is 0 Å². The van der Waals surface area contributed by atoms with E-state index in [-0.39, 0.29) is 16.3 Å². The van der Waals surface area contributed by atoms with E-state index < -0.39 is 0 Å². The first-order valence-electron chi connectivity index (χ1n) is 9.56. The first kappa shape index (κ1) is 22.1. The van der Waals surface area contributed by atoms with Crippen LogP contribution >= 0.6 is 23.7 Å². The van der Waals surface area contributed by atoms with E-state index in [0.717, 1.165) is 30.7 Å². The molecule has 2 N–H and O–H groups in total. The average molecular weight is 406 g/mol. The number of H-pyrrole nitrogens is 1. The third-order valence-corrected chi connectivity index (χ3v) is 5.81. The fourth-order valence-corrected chi connectivity index (χ4v) is 4.01. The number of thioether (sulfide) groups is 1. The van der Waals surface area contributed by atoms with Gasteiger partial charge in [0.15, 0.2) is 5.16 Å². The van der Waals surface area contributed by atoms with Gasteiger partial charge >= 0.3 is 0 Å². The Kier molecular flexibility index (Phi) is 8.45. The highest BCUT2D eigenvalue weighted by Crippen LogP contribution is 2.27. The molecule has 0 aliphatic heterocycles. The van der Waals surface area contributed by atoms with E-state index >= 15 is 0 Å². The summed E-state index contributed by atoms with van der Waals surface area (Å²) in [5, 5.41) is 0.709. The molecule has 0 aliphatic rings. The minimum atomic E-state index is -0.0724. The van der Waals surface area contributed by atoms with Crippen LogP contribution in [0.15, 0.2) is 40.3 Å². The van der Waals surface area contributed by atoms with Crippen LogP contribution in [0.25, 0.3) is 0 Å². The summed E-state index contributed by atoms with van der Waals surface area (Å²) in [5.74, 6) is 0.891. The highest BCUT2D eigenvalue weighted by atomic mass is 32.2. The maximum atomic E-state index is 11.9. The van der Waals surface area contributed by atoms with E-state index in [2.05, 4.69) is 73.6 Å². The van der Waals surface area contributed by atoms with E-state index in [1.54, 1.807) is 29.8 Å². The summed E-state index contributed by atoms with van der Waals surface area (Å²) in [5.41, 5.74) is 3.40. The highest BCUT2D eigenvalue weighted by molar-refractivity contribution is 7.99. The van der Waals surface area contributed by atoms with Crippen molar-refractivity contribution in [2.75, 3.05) is 5.75 Å². The van der Waals surface area contributed by atoms with Gasteiger partial charge in [-0.2, -0.15) is 0 Å². The Hall–Kier alpha value is -1.24. The molecule has 2 rings (SSSR count). The van der Waals surface area contributed by atoms with Gasteiger partial charge in [-0.3, -0.25) is 9.52 Å². The maximum Gasteiger partial charge on any atom is 0.251 e. The molecule has 2 aromatic rings. The van der Waals surface area contributed by atoms with Gasteiger partial charge < -0.3 is 4.98 Å². The predicted octanol–water partition coefficient (Wildman–Crippen LogP) is 5.15. The monoisotopic (exact) mass is 405 g/mol. The smallest absolute Gasteiger partial charge is 0.251 e. The minimum absolute atomic E-state index is 0.0724. The van der Waals surface area contributed by atoms with Gasteiger partial charge in [-0.05, 0) is 56.9 Å². The largest absolute Gasteiger partial charge is 0.301 e. The zero-order valence-corrected chi connectivity index (χ0v) is 18.6. The molecule has 0 saturated carbocycles. The summed E-state index contributed by atoms with van der Waals surface area (Å²) in [6, 6.07) is 10.7. The number of aromatic amines is 1. The Morgan fingerprint density at radius 3 is 2.48 bits per heavy atom. The van der Waals surface area contributed by atoms with Gasteiger partial charge in [-0.25, -0.2) is 4.98 Å². The van der Waals surface area contributed by atoms with Crippen LogP contribution in [0.2, 0.25) is 0 Å². The normalized spacial score (nSPS) is 12.9. The van der Waals surface area contributed by atoms with Crippen molar-refractivity contribution in [2.24, 2.45) is 0 Å². The number of hydrogen-bond donors (Lipinski definition) is 2. The number of rotatable bonds is 9. The lowest BCUT2D eigenvalue weighted by Gasteiger charge is -2.24. The maximum absolute atomic E-state index is 11.9. The first-order valence-corrected chi connectivity index (χ1v) is 11.4. The Balaban J connectivity index is 2.14. The van der Waals surface area contributed by atoms with E-state index in [1.807, 2.05) is 0 Å². The van der Waals surface area contributed by atoms with E-state index in [0.29, 0.717) is 5.16 Å². The van der Waals surface area contributed by atoms with Crippen molar-refractivity contribution in [1.82, 2.24) is 14.7 Å². The minimum Gasteiger partial charge on any atom is -0.301 e. The Morgan fingerprint density at radius 2 is 1.89 bits per heavy atom. The topological polar surface area (TPSA) is 57.8 Å². The van der Waals surface area contributed by atoms with Gasteiger partial charge in [0, 0.05) is 22.5 Å². The third-order valence-electron chi connectivity index (χ3n) is 4.04. The summed E-state index contributed by atoms with van der Waals surface area (Å²) in [6.45, 7) is 10.8. The molecule has 4 nitrogen and oxygen atoms in total. The Morgan fingerprint density at radius 1 is 1.19 bits per heavy atom. The highest BCUT2D eigenvalue weighted by Gasteiger charge is 2.17. The van der Waals surface area contributed by atoms with Crippen LogP contribution < -0.4 is 10.3 Å². The van der Waals surface area contributed by atoms with Gasteiger partial charge in [-0.15, -0.1) is 0 Å². The van der Waals surface area contributed by atoms with E-state index in [4.69, 9.17) is 0 Å². The lowest BCUT2D eigenvalue weighted by Crippen LogP contribution is -2.22. The molecular formula is C21H31N3OS2. The SMILES string of the molecule is CCSc1nc(CCC(NSC(C)(C)C)c2ccc(CC)cc2)cc(=O)[nH]1. The second-order valence-electron chi connectivity index (χ2n) is 7.49. The number of nitrogens with zero attached hydrogens (tertiary/aromatic N) is 1. The molecular weight excluding hydrogens is 374 g/mol. The number of aryl methyl sites for hydroxylation is 2. The molecule has 0 bridgehead atoms. The van der Waals surface area contributed by atoms with E-state index in [9.17, 15) is 4.79 Å². The fraction of sp³-hybridized carbons (Fsp3) is 0.524. The summed E-state index contributed by atoms with van der Waals surface area (Å²) in [6.07, 6.45) is 2.70. The molecule has 0 aliphatic carbocycles. The summed E-state index contributed by atoms with van der Waals surface area (Å²) in [7, 11) is 0. The zero-order chi connectivity index (χ0) is 19.9. The number of nitrogens with one attached hydrogen (secondary N) is 2. The molecule has 1 unspecified atom stereocenters. The van der Waals surface area contributed by atoms with Crippen LogP contribution in [0, 0.1) is 0 Å². The molecule has 0 fully saturated rings. The van der Waals surface area contributed by atoms with Crippen molar-refractivity contribution < 1.29 is 0 Å². The van der Waals surface area contributed by atoms with Gasteiger partial charge in [0.05, 0.1) is 0 Å². The van der Waals surface area contributed by atoms with Gasteiger partial charge in [0.25, 0.3) is 5.56 Å². The quantitative estimate of drug-likeness (QED) is 0.343. The lowest BCUT2D eigenvalue weighted by molar-refractivity contribution is 0.597. The number of benzene rings is 1. The van der Waals surface area contributed by atoms with Crippen molar-refractivity contribution in [2.45, 2.75) is 69.8 Å². The zero-order valence-electron chi connectivity index (χ0n) is 17.0. The summed E-state index contributed by atoms with van der Waals surface area (Å²) in [4.78, 5) is 19.3. The van der Waals surface area contributed by atoms with Gasteiger partial charge in [0.2, 0.25) is 0 Å². The van der Waals surface area contributed by atoms with Crippen molar-refractivity contribution in [3.05, 3.63) is 57.5 Å². The van der Waals surface area contributed by atoms with Crippen molar-refractivity contribution in [3.63, 3.8) is 0 Å². The molecule has 0 radical (unpaired) electrons. The summed E-state index contributed by atoms with van der Waals surface area (Å²) < 4.78 is 3.77. The second-order valence-corrected chi connectivity index (χ2v) is 10.4. The van der Waals surface area contributed by atoms with Crippen LogP contribution in [0.1, 0.15) is 63.9 Å². The average Bonchev–Trinajstić information content (AvgIpc) is 2.61. The van der Waals surface area contributed by atoms with Crippen LogP contribution in [0.4, 0.5) is 0 Å². The molecule has 1 atom stereocenters. The van der Waals surface area contributed by atoms with Crippen LogP contribution in [0.3, 0.4) is 0 Å². The molecule has 1 heterocycles. The van der Waals surface area contributed by atoms with Crippen LogP contribution in [-0.4, -0.2) is 20.5 Å². The molecule has 1 aromatic carbocycles. The summed E-state index contributed by atoms with van der Waals surface area (Å²) >= 11 is 3.32.